The summed E-state index contributed by atoms with van der Waals surface area (Å²) in [4.78, 5) is 80.9. The number of ether oxygens (including phenoxy) is 4. The Morgan fingerprint density at radius 3 is 2.47 bits per heavy atom. The highest BCUT2D eigenvalue weighted by atomic mass is 19.1. The second kappa shape index (κ2) is 15.1. The highest BCUT2D eigenvalue weighted by molar-refractivity contribution is 6.01. The fourth-order valence-corrected chi connectivity index (χ4v) is 11.5. The van der Waals surface area contributed by atoms with E-state index in [1.165, 1.54) is 25.1 Å². The summed E-state index contributed by atoms with van der Waals surface area (Å²) in [6.07, 6.45) is 8.54. The lowest BCUT2D eigenvalue weighted by atomic mass is 9.46. The molecule has 4 saturated carbocycles. The van der Waals surface area contributed by atoms with E-state index in [1.807, 2.05) is 19.9 Å². The van der Waals surface area contributed by atoms with Gasteiger partial charge in [0, 0.05) is 61.6 Å². The van der Waals surface area contributed by atoms with Crippen molar-refractivity contribution in [2.24, 2.45) is 28.6 Å². The molecule has 5 fully saturated rings. The van der Waals surface area contributed by atoms with E-state index in [4.69, 9.17) is 18.9 Å². The van der Waals surface area contributed by atoms with Gasteiger partial charge in [-0.25, -0.2) is 14.0 Å². The Morgan fingerprint density at radius 1 is 1.03 bits per heavy atom. The molecular formula is C44H52FN3O12. The van der Waals surface area contributed by atoms with Crippen LogP contribution in [0.15, 0.2) is 40.9 Å². The summed E-state index contributed by atoms with van der Waals surface area (Å²) in [6, 6.07) is 0.482. The number of pyridine rings is 1. The molecule has 2 heterocycles. The molecule has 1 aliphatic heterocycles. The van der Waals surface area contributed by atoms with Crippen molar-refractivity contribution in [1.29, 1.82) is 0 Å². The second-order valence-corrected chi connectivity index (χ2v) is 17.9. The van der Waals surface area contributed by atoms with E-state index in [0.717, 1.165) is 24.5 Å². The van der Waals surface area contributed by atoms with Gasteiger partial charge in [0.15, 0.2) is 24.0 Å². The predicted molar refractivity (Wildman–Crippen MR) is 213 cm³/mol. The number of methoxy groups -OCH3 is 1. The average Bonchev–Trinajstić information content (AvgIpc) is 4.00. The van der Waals surface area contributed by atoms with Crippen LogP contribution >= 0.6 is 0 Å². The number of nitrogens with zero attached hydrogens (tertiary/aromatic N) is 3. The Labute approximate surface area is 346 Å². The van der Waals surface area contributed by atoms with E-state index < -0.39 is 82.6 Å². The molecule has 2 N–H and O–H groups in total. The molecule has 0 bridgehead atoms. The number of piperazine rings is 1. The molecule has 2 aromatic rings. The number of aliphatic hydroxyl groups excluding tert-OH is 1. The number of ketones is 2. The summed E-state index contributed by atoms with van der Waals surface area (Å²) in [5, 5.41) is 23.8. The lowest BCUT2D eigenvalue weighted by molar-refractivity contribution is -0.178. The number of carbonyl (C=O) groups is 5. The van der Waals surface area contributed by atoms with Crippen LogP contribution in [0.25, 0.3) is 10.9 Å². The molecule has 0 spiro atoms. The lowest BCUT2D eigenvalue weighted by Gasteiger charge is -2.59. The molecular weight excluding hydrogens is 781 g/mol. The van der Waals surface area contributed by atoms with Crippen LogP contribution in [0.1, 0.15) is 89.0 Å². The van der Waals surface area contributed by atoms with E-state index in [-0.39, 0.29) is 84.4 Å². The molecule has 8 unspecified atom stereocenters. The Kier molecular flexibility index (Phi) is 10.5. The maximum absolute atomic E-state index is 16.3. The first kappa shape index (κ1) is 41.6. The van der Waals surface area contributed by atoms with Gasteiger partial charge in [-0.3, -0.25) is 19.2 Å². The van der Waals surface area contributed by atoms with Crippen molar-refractivity contribution in [3.8, 4) is 5.75 Å². The highest BCUT2D eigenvalue weighted by Crippen LogP contribution is 2.67. The maximum Gasteiger partial charge on any atom is 0.413 e. The first-order valence-corrected chi connectivity index (χ1v) is 20.8. The highest BCUT2D eigenvalue weighted by Gasteiger charge is 2.68. The van der Waals surface area contributed by atoms with Crippen molar-refractivity contribution in [3.63, 3.8) is 0 Å². The number of benzene rings is 1. The zero-order chi connectivity index (χ0) is 43.1. The molecule has 15 nitrogen and oxygen atoms in total. The minimum absolute atomic E-state index is 0.0174. The van der Waals surface area contributed by atoms with Crippen molar-refractivity contribution in [2.45, 2.75) is 96.4 Å². The molecule has 0 radical (unpaired) electrons. The summed E-state index contributed by atoms with van der Waals surface area (Å²) in [7, 11) is 1.36. The van der Waals surface area contributed by atoms with Crippen molar-refractivity contribution < 1.29 is 57.5 Å². The quantitative estimate of drug-likeness (QED) is 0.268. The van der Waals surface area contributed by atoms with E-state index in [1.54, 1.807) is 28.5 Å². The van der Waals surface area contributed by atoms with Gasteiger partial charge in [0.25, 0.3) is 0 Å². The van der Waals surface area contributed by atoms with Crippen molar-refractivity contribution in [1.82, 2.24) is 9.47 Å². The van der Waals surface area contributed by atoms with Crippen LogP contribution in [0.5, 0.6) is 5.75 Å². The molecule has 1 amide bonds. The molecule has 8 atom stereocenters. The van der Waals surface area contributed by atoms with Gasteiger partial charge in [-0.2, -0.15) is 0 Å². The van der Waals surface area contributed by atoms with Crippen molar-refractivity contribution in [3.05, 3.63) is 57.7 Å². The standard InChI is InChI=1S/C44H52FN3O12/c1-23-19-46(14-15-47(23)41(55)60-22-59-24(2)49)37-32(45)17-29-36(39(37)57-5)48(26-7-8-26)20-30(38(29)53)40(54)58-21-34(52)44(56)13-11-31-28-9-6-25-16-27(50)10-12-42(25,3)35(28)33(51)18-43(31,44)4/h10,12,16-17,20,23,26,28,31,33,35,51,56H,6-9,11,13-15,18-19,21-22H2,1-5H3. The molecule has 60 heavy (non-hydrogen) atoms. The molecule has 1 saturated heterocycles. The number of aromatic nitrogens is 1. The smallest absolute Gasteiger partial charge is 0.413 e. The monoisotopic (exact) mass is 833 g/mol. The molecule has 5 aliphatic carbocycles. The Hall–Kier alpha value is -5.09. The summed E-state index contributed by atoms with van der Waals surface area (Å²) < 4.78 is 39.1. The lowest BCUT2D eigenvalue weighted by Crippen LogP contribution is -2.61. The maximum atomic E-state index is 16.3. The Morgan fingerprint density at radius 2 is 1.78 bits per heavy atom. The van der Waals surface area contributed by atoms with Crippen LogP contribution in [0, 0.1) is 34.4 Å². The fourth-order valence-electron chi connectivity index (χ4n) is 11.5. The SMILES string of the molecule is COc1c(N2CCN(C(=O)OCOC(C)=O)C(C)C2)c(F)cc2c(=O)c(C(=O)OCC(=O)C3(O)CCC4C5CCC6=CC(=O)C=CC6(C)C5C(O)CC43C)cn(C3CC3)c12. The third-order valence-corrected chi connectivity index (χ3v) is 14.6. The summed E-state index contributed by atoms with van der Waals surface area (Å²) in [6.45, 7) is 5.99. The van der Waals surface area contributed by atoms with Crippen LogP contribution in [0.3, 0.4) is 0 Å². The predicted octanol–water partition coefficient (Wildman–Crippen LogP) is 4.39. The number of halogens is 1. The summed E-state index contributed by atoms with van der Waals surface area (Å²) >= 11 is 0. The zero-order valence-electron chi connectivity index (χ0n) is 34.5. The number of hydrogen-bond acceptors (Lipinski definition) is 13. The van der Waals surface area contributed by atoms with Crippen molar-refractivity contribution in [2.75, 3.05) is 45.0 Å². The number of fused-ring (bicyclic) bond motifs is 6. The summed E-state index contributed by atoms with van der Waals surface area (Å²) in [5.41, 5.74) is -3.29. The molecule has 322 valence electrons. The summed E-state index contributed by atoms with van der Waals surface area (Å²) in [5.74, 6) is -3.50. The molecule has 1 aromatic carbocycles. The number of aliphatic hydroxyl groups is 2. The number of anilines is 1. The van der Waals surface area contributed by atoms with Gasteiger partial charge in [0.05, 0.1) is 24.1 Å². The van der Waals surface area contributed by atoms with Gasteiger partial charge in [-0.05, 0) is 81.9 Å². The van der Waals surface area contributed by atoms with E-state index in [9.17, 15) is 39.0 Å². The van der Waals surface area contributed by atoms with Crippen LogP contribution in [0.4, 0.5) is 14.9 Å². The van der Waals surface area contributed by atoms with Crippen molar-refractivity contribution >= 4 is 46.2 Å². The van der Waals surface area contributed by atoms with Gasteiger partial charge in [-0.15, -0.1) is 0 Å². The first-order chi connectivity index (χ1) is 28.4. The minimum atomic E-state index is -1.91. The number of allylic oxidation sites excluding steroid dienone is 4. The van der Waals surface area contributed by atoms with Crippen LogP contribution in [0.2, 0.25) is 0 Å². The number of esters is 2. The van der Waals surface area contributed by atoms with Gasteiger partial charge < -0.3 is 43.5 Å². The van der Waals surface area contributed by atoms with Gasteiger partial charge in [-0.1, -0.05) is 25.5 Å². The normalized spacial score (nSPS) is 32.1. The van der Waals surface area contributed by atoms with E-state index in [2.05, 4.69) is 0 Å². The minimum Gasteiger partial charge on any atom is -0.492 e. The largest absolute Gasteiger partial charge is 0.492 e. The first-order valence-electron chi connectivity index (χ1n) is 20.8. The zero-order valence-corrected chi connectivity index (χ0v) is 34.5. The Balaban J connectivity index is 1.01. The second-order valence-electron chi connectivity index (χ2n) is 17.9. The van der Waals surface area contributed by atoms with E-state index in [0.29, 0.717) is 19.3 Å². The molecule has 16 heteroatoms. The third-order valence-electron chi connectivity index (χ3n) is 14.6. The number of Topliss-reactive ketones (excluding diaryl/α,β-unsaturated/α-hetero) is 1. The fraction of sp³-hybridized carbons (Fsp3) is 0.591. The number of hydrogen-bond donors (Lipinski definition) is 2. The van der Waals surface area contributed by atoms with Gasteiger partial charge in [0.1, 0.15) is 16.9 Å². The van der Waals surface area contributed by atoms with E-state index >= 15 is 4.39 Å². The topological polar surface area (TPSA) is 191 Å². The number of carbonyl (C=O) groups excluding carboxylic acids is 5. The van der Waals surface area contributed by atoms with Crippen LogP contribution in [-0.4, -0.2) is 107 Å². The molecule has 6 aliphatic rings. The van der Waals surface area contributed by atoms with Gasteiger partial charge >= 0.3 is 18.0 Å². The number of rotatable bonds is 9. The van der Waals surface area contributed by atoms with Crippen LogP contribution < -0.4 is 15.1 Å². The van der Waals surface area contributed by atoms with Crippen LogP contribution in [-0.2, 0) is 28.6 Å². The average molecular weight is 834 g/mol. The third kappa shape index (κ3) is 6.61. The molecule has 8 rings (SSSR count). The molecule has 1 aromatic heterocycles. The Bertz CT molecular complexity index is 2300. The number of amides is 1. The van der Waals surface area contributed by atoms with Gasteiger partial charge in [0.2, 0.25) is 18.0 Å².